The summed E-state index contributed by atoms with van der Waals surface area (Å²) in [6.07, 6.45) is -3.46. The number of rotatable bonds is 8. The highest BCUT2D eigenvalue weighted by Crippen LogP contribution is 2.64. The minimum absolute atomic E-state index is 0.146. The van der Waals surface area contributed by atoms with E-state index in [0.717, 1.165) is 18.1 Å². The van der Waals surface area contributed by atoms with Crippen LogP contribution >= 0.6 is 0 Å². The SMILES string of the molecule is CC[Si](CC)(CC)O[C@H]1C[C@H]2OC[C@@]2(OC(C)=O)[C@H]2[C@H](OC(=O)c3ccccc3)[C@]3(O)CC(=O)C(C)C(C(=O)C(=O)[C@]12C)C3(C)C. The second-order valence-electron chi connectivity index (χ2n) is 14.6. The Bertz CT molecular complexity index is 1410. The van der Waals surface area contributed by atoms with Gasteiger partial charge in [-0.2, -0.15) is 0 Å². The molecule has 5 rings (SSSR count). The van der Waals surface area contributed by atoms with Gasteiger partial charge in [-0.3, -0.25) is 19.2 Å². The Labute approximate surface area is 272 Å². The van der Waals surface area contributed by atoms with Crippen LogP contribution in [0.1, 0.15) is 78.6 Å². The number of ketones is 3. The van der Waals surface area contributed by atoms with Gasteiger partial charge in [0.1, 0.15) is 23.6 Å². The molecule has 1 saturated heterocycles. The number of carbonyl (C=O) groups is 5. The molecule has 0 spiro atoms. The lowest BCUT2D eigenvalue weighted by molar-refractivity contribution is -0.344. The van der Waals surface area contributed by atoms with Crippen molar-refractivity contribution in [1.82, 2.24) is 0 Å². The van der Waals surface area contributed by atoms with Crippen LogP contribution in [0, 0.1) is 28.6 Å². The van der Waals surface area contributed by atoms with Gasteiger partial charge in [0.15, 0.2) is 13.9 Å². The summed E-state index contributed by atoms with van der Waals surface area (Å²) in [7, 11) is -2.45. The van der Waals surface area contributed by atoms with Crippen LogP contribution in [0.2, 0.25) is 18.1 Å². The Morgan fingerprint density at radius 3 is 2.15 bits per heavy atom. The number of hydrogen-bond acceptors (Lipinski definition) is 10. The average Bonchev–Trinajstić information content (AvgIpc) is 3.01. The smallest absolute Gasteiger partial charge is 0.338 e. The van der Waals surface area contributed by atoms with Gasteiger partial charge in [0.05, 0.1) is 29.6 Å². The van der Waals surface area contributed by atoms with Crippen LogP contribution in [-0.4, -0.2) is 78.8 Å². The first-order chi connectivity index (χ1) is 21.5. The monoisotopic (exact) mass is 656 g/mol. The first-order valence-corrected chi connectivity index (χ1v) is 19.1. The predicted octanol–water partition coefficient (Wildman–Crippen LogP) is 4.46. The molecule has 4 aliphatic rings. The fraction of sp³-hybridized carbons (Fsp3) is 0.686. The van der Waals surface area contributed by atoms with Crippen LogP contribution < -0.4 is 0 Å². The molecule has 10 nitrogen and oxygen atoms in total. The molecule has 252 valence electrons. The highest BCUT2D eigenvalue weighted by molar-refractivity contribution is 6.73. The Morgan fingerprint density at radius 2 is 1.63 bits per heavy atom. The molecular weight excluding hydrogens is 608 g/mol. The number of esters is 2. The van der Waals surface area contributed by atoms with E-state index in [9.17, 15) is 24.3 Å². The number of ether oxygens (including phenoxy) is 3. The van der Waals surface area contributed by atoms with E-state index >= 15 is 4.79 Å². The van der Waals surface area contributed by atoms with Crippen LogP contribution in [0.3, 0.4) is 0 Å². The predicted molar refractivity (Wildman–Crippen MR) is 169 cm³/mol. The molecule has 1 heterocycles. The minimum Gasteiger partial charge on any atom is -0.455 e. The second-order valence-corrected chi connectivity index (χ2v) is 19.4. The molecule has 3 saturated carbocycles. The summed E-state index contributed by atoms with van der Waals surface area (Å²) in [5.74, 6) is -6.73. The number of benzene rings is 1. The zero-order valence-corrected chi connectivity index (χ0v) is 29.2. The summed E-state index contributed by atoms with van der Waals surface area (Å²) in [5.41, 5.74) is -6.59. The first kappa shape index (κ1) is 34.6. The lowest BCUT2D eigenvalue weighted by Gasteiger charge is -2.68. The van der Waals surface area contributed by atoms with Gasteiger partial charge in [0, 0.05) is 37.0 Å². The van der Waals surface area contributed by atoms with Crippen molar-refractivity contribution >= 4 is 37.6 Å². The Balaban J connectivity index is 1.83. The Kier molecular flexibility index (Phi) is 8.84. The molecule has 11 heteroatoms. The molecule has 3 aliphatic carbocycles. The lowest BCUT2D eigenvalue weighted by atomic mass is 9.42. The van der Waals surface area contributed by atoms with Gasteiger partial charge in [-0.1, -0.05) is 59.7 Å². The second kappa shape index (κ2) is 11.8. The molecule has 1 aromatic carbocycles. The van der Waals surface area contributed by atoms with E-state index in [-0.39, 0.29) is 18.6 Å². The maximum absolute atomic E-state index is 15.0. The third-order valence-corrected chi connectivity index (χ3v) is 17.0. The van der Waals surface area contributed by atoms with Crippen molar-refractivity contribution in [2.24, 2.45) is 28.6 Å². The van der Waals surface area contributed by atoms with Crippen LogP contribution in [0.25, 0.3) is 0 Å². The van der Waals surface area contributed by atoms with E-state index in [2.05, 4.69) is 20.8 Å². The van der Waals surface area contributed by atoms with E-state index in [1.54, 1.807) is 58.0 Å². The summed E-state index contributed by atoms with van der Waals surface area (Å²) in [5, 5.41) is 13.0. The summed E-state index contributed by atoms with van der Waals surface area (Å²) >= 11 is 0. The van der Waals surface area contributed by atoms with Crippen LogP contribution in [0.5, 0.6) is 0 Å². The number of hydrogen-bond donors (Lipinski definition) is 1. The summed E-state index contributed by atoms with van der Waals surface area (Å²) < 4.78 is 25.6. The average molecular weight is 657 g/mol. The van der Waals surface area contributed by atoms with Crippen LogP contribution in [0.15, 0.2) is 30.3 Å². The maximum Gasteiger partial charge on any atom is 0.338 e. The fourth-order valence-electron chi connectivity index (χ4n) is 9.19. The molecule has 2 unspecified atom stereocenters. The summed E-state index contributed by atoms with van der Waals surface area (Å²) in [6.45, 7) is 13.8. The molecular formula is C35H48O10Si. The molecule has 4 fully saturated rings. The molecule has 0 radical (unpaired) electrons. The molecule has 1 N–H and O–H groups in total. The van der Waals surface area contributed by atoms with Crippen molar-refractivity contribution in [3.05, 3.63) is 35.9 Å². The third-order valence-electron chi connectivity index (χ3n) is 12.3. The quantitative estimate of drug-likeness (QED) is 0.242. The summed E-state index contributed by atoms with van der Waals surface area (Å²) in [6, 6.07) is 10.5. The minimum atomic E-state index is -2.45. The van der Waals surface area contributed by atoms with E-state index in [0.29, 0.717) is 0 Å². The van der Waals surface area contributed by atoms with Crippen molar-refractivity contribution in [3.63, 3.8) is 0 Å². The highest BCUT2D eigenvalue weighted by Gasteiger charge is 2.79. The van der Waals surface area contributed by atoms with E-state index < -0.39 is 102 Å². The summed E-state index contributed by atoms with van der Waals surface area (Å²) in [4.78, 5) is 70.0. The van der Waals surface area contributed by atoms with Crippen molar-refractivity contribution in [1.29, 1.82) is 0 Å². The Hall–Kier alpha value is -2.73. The lowest BCUT2D eigenvalue weighted by Crippen LogP contribution is -2.83. The number of fused-ring (bicyclic) bond motifs is 5. The van der Waals surface area contributed by atoms with E-state index in [1.807, 2.05) is 0 Å². The third kappa shape index (κ3) is 4.78. The van der Waals surface area contributed by atoms with Crippen molar-refractivity contribution in [3.8, 4) is 0 Å². The number of carbonyl (C=O) groups excluding carboxylic acids is 5. The van der Waals surface area contributed by atoms with E-state index in [4.69, 9.17) is 18.6 Å². The molecule has 2 bridgehead atoms. The van der Waals surface area contributed by atoms with Gasteiger partial charge in [-0.05, 0) is 37.2 Å². The molecule has 1 aromatic rings. The molecule has 46 heavy (non-hydrogen) atoms. The Morgan fingerprint density at radius 1 is 1.02 bits per heavy atom. The zero-order valence-electron chi connectivity index (χ0n) is 28.2. The standard InChI is InChI=1S/C35H48O10Si/c1-9-46(10-2,11-3)45-24-17-25-34(19-42-25,44-21(5)36)28-30(43-31(40)22-15-13-12-14-16-22)35(41)18-23(37)20(4)26(32(35,6)7)27(38)29(39)33(24,28)8/h12-16,20,24-26,28,30,41H,9-11,17-19H2,1-8H3/t20?,24-,25+,26?,28-,30-,33+,34-,35+/m0/s1. The zero-order chi connectivity index (χ0) is 34.0. The molecule has 9 atom stereocenters. The maximum atomic E-state index is 15.0. The first-order valence-electron chi connectivity index (χ1n) is 16.6. The van der Waals surface area contributed by atoms with Crippen molar-refractivity contribution in [2.45, 2.75) is 116 Å². The van der Waals surface area contributed by atoms with Gasteiger partial charge in [0.2, 0.25) is 11.6 Å². The number of aliphatic hydroxyl groups is 1. The van der Waals surface area contributed by atoms with Gasteiger partial charge in [-0.25, -0.2) is 4.79 Å². The van der Waals surface area contributed by atoms with Gasteiger partial charge in [0.25, 0.3) is 0 Å². The van der Waals surface area contributed by atoms with Crippen LogP contribution in [0.4, 0.5) is 0 Å². The van der Waals surface area contributed by atoms with Crippen LogP contribution in [-0.2, 0) is 37.8 Å². The number of Topliss-reactive ketones (excluding diaryl/α,β-unsaturated/α-hetero) is 3. The van der Waals surface area contributed by atoms with Gasteiger partial charge >= 0.3 is 11.9 Å². The van der Waals surface area contributed by atoms with Gasteiger partial charge in [-0.15, -0.1) is 0 Å². The largest absolute Gasteiger partial charge is 0.455 e. The normalized spacial score (nSPS) is 38.4. The van der Waals surface area contributed by atoms with Crippen molar-refractivity contribution in [2.75, 3.05) is 6.61 Å². The molecule has 0 aromatic heterocycles. The topological polar surface area (TPSA) is 142 Å². The van der Waals surface area contributed by atoms with Gasteiger partial charge < -0.3 is 23.7 Å². The molecule has 1 aliphatic heterocycles. The fourth-order valence-corrected chi connectivity index (χ4v) is 12.1. The van der Waals surface area contributed by atoms with E-state index in [1.165, 1.54) is 6.92 Å². The van der Waals surface area contributed by atoms with Crippen molar-refractivity contribution < 1.29 is 47.7 Å². The highest BCUT2D eigenvalue weighted by atomic mass is 28.4. The molecule has 0 amide bonds.